The molecular weight excluding hydrogens is 481 g/mol. The molecule has 0 radical (unpaired) electrons. The second-order valence-corrected chi connectivity index (χ2v) is 11.2. The molecule has 3 rings (SSSR count). The van der Waals surface area contributed by atoms with Gasteiger partial charge in [-0.1, -0.05) is 44.5 Å². The topological polar surface area (TPSA) is 106 Å². The van der Waals surface area contributed by atoms with Gasteiger partial charge in [0.1, 0.15) is 5.82 Å². The molecule has 0 aliphatic heterocycles. The lowest BCUT2D eigenvalue weighted by atomic mass is 9.96. The number of anilines is 1. The van der Waals surface area contributed by atoms with Crippen LogP contribution in [-0.2, 0) is 26.8 Å². The summed E-state index contributed by atoms with van der Waals surface area (Å²) in [5.41, 5.74) is 0.627. The van der Waals surface area contributed by atoms with Crippen LogP contribution in [0.1, 0.15) is 50.8 Å². The van der Waals surface area contributed by atoms with Gasteiger partial charge in [0, 0.05) is 10.4 Å². The summed E-state index contributed by atoms with van der Waals surface area (Å²) in [5.74, 6) is -0.668. The van der Waals surface area contributed by atoms with Gasteiger partial charge >= 0.3 is 0 Å². The van der Waals surface area contributed by atoms with Gasteiger partial charge in [-0.25, -0.2) is 22.5 Å². The number of nitrogens with zero attached hydrogens (tertiary/aromatic N) is 3. The number of carbonyl (C=O) groups excluding carboxylic acids is 1. The lowest BCUT2D eigenvalue weighted by molar-refractivity contribution is -0.122. The van der Waals surface area contributed by atoms with Crippen LogP contribution in [0.2, 0.25) is 5.02 Å². The van der Waals surface area contributed by atoms with E-state index in [2.05, 4.69) is 20.1 Å². The predicted molar refractivity (Wildman–Crippen MR) is 130 cm³/mol. The molecule has 0 fully saturated rings. The molecule has 1 atom stereocenters. The Kier molecular flexibility index (Phi) is 7.32. The van der Waals surface area contributed by atoms with Crippen LogP contribution >= 0.6 is 11.6 Å². The lowest BCUT2D eigenvalue weighted by Gasteiger charge is -2.14. The fourth-order valence-electron chi connectivity index (χ4n) is 3.14. The van der Waals surface area contributed by atoms with Crippen LogP contribution in [0, 0.1) is 5.82 Å². The first kappa shape index (κ1) is 25.6. The number of nitrogens with one attached hydrogen (secondary N) is 2. The lowest BCUT2D eigenvalue weighted by Crippen LogP contribution is -2.29. The van der Waals surface area contributed by atoms with Gasteiger partial charge in [-0.05, 0) is 42.8 Å². The summed E-state index contributed by atoms with van der Waals surface area (Å²) in [6, 6.07) is 11.1. The molecule has 1 aromatic heterocycles. The molecule has 0 aliphatic rings. The van der Waals surface area contributed by atoms with Crippen LogP contribution < -0.4 is 10.0 Å². The molecule has 1 amide bonds. The average molecular weight is 508 g/mol. The second kappa shape index (κ2) is 9.71. The van der Waals surface area contributed by atoms with Crippen LogP contribution in [-0.4, -0.2) is 35.3 Å². The Morgan fingerprint density at radius 2 is 1.91 bits per heavy atom. The van der Waals surface area contributed by atoms with Crippen LogP contribution in [0.5, 0.6) is 0 Å². The zero-order valence-electron chi connectivity index (χ0n) is 19.6. The van der Waals surface area contributed by atoms with E-state index < -0.39 is 21.8 Å². The Hall–Kier alpha value is -2.98. The molecule has 8 nitrogen and oxygen atoms in total. The highest BCUT2D eigenvalue weighted by Gasteiger charge is 2.24. The molecular formula is C23H27ClFN5O3S. The summed E-state index contributed by atoms with van der Waals surface area (Å²) in [6.45, 7) is 7.70. The Morgan fingerprint density at radius 3 is 2.50 bits per heavy atom. The van der Waals surface area contributed by atoms with Crippen molar-refractivity contribution in [3.8, 4) is 5.69 Å². The number of benzene rings is 2. The summed E-state index contributed by atoms with van der Waals surface area (Å²) in [6.07, 6.45) is 0.934. The van der Waals surface area contributed by atoms with Crippen molar-refractivity contribution in [2.45, 2.75) is 45.6 Å². The van der Waals surface area contributed by atoms with Gasteiger partial charge in [0.2, 0.25) is 15.9 Å². The zero-order chi connectivity index (χ0) is 25.3. The maximum Gasteiger partial charge on any atom is 0.229 e. The third-order valence-electron chi connectivity index (χ3n) is 5.00. The molecule has 3 aromatic rings. The third-order valence-corrected chi connectivity index (χ3v) is 5.83. The van der Waals surface area contributed by atoms with Crippen molar-refractivity contribution >= 4 is 33.2 Å². The largest absolute Gasteiger partial charge is 0.348 e. The normalized spacial score (nSPS) is 12.9. The first-order valence-corrected chi connectivity index (χ1v) is 12.8. The molecule has 0 bridgehead atoms. The van der Waals surface area contributed by atoms with E-state index in [1.165, 1.54) is 12.1 Å². The predicted octanol–water partition coefficient (Wildman–Crippen LogP) is 4.15. The smallest absolute Gasteiger partial charge is 0.229 e. The van der Waals surface area contributed by atoms with Crippen molar-refractivity contribution in [2.75, 3.05) is 11.0 Å². The summed E-state index contributed by atoms with van der Waals surface area (Å²) in [4.78, 5) is 17.4. The van der Waals surface area contributed by atoms with Crippen molar-refractivity contribution in [1.82, 2.24) is 20.1 Å². The van der Waals surface area contributed by atoms with E-state index in [0.29, 0.717) is 27.9 Å². The summed E-state index contributed by atoms with van der Waals surface area (Å²) in [5, 5.41) is 7.99. The Bertz CT molecular complexity index is 1320. The van der Waals surface area contributed by atoms with Crippen molar-refractivity contribution in [3.05, 3.63) is 70.5 Å². The van der Waals surface area contributed by atoms with Gasteiger partial charge < -0.3 is 5.32 Å². The van der Waals surface area contributed by atoms with Gasteiger partial charge in [0.15, 0.2) is 11.6 Å². The van der Waals surface area contributed by atoms with E-state index in [1.807, 2.05) is 26.8 Å². The number of rotatable bonds is 7. The van der Waals surface area contributed by atoms with Crippen LogP contribution in [0.15, 0.2) is 42.5 Å². The molecule has 182 valence electrons. The highest BCUT2D eigenvalue weighted by molar-refractivity contribution is 7.92. The Balaban J connectivity index is 1.80. The number of carbonyl (C=O) groups is 1. The highest BCUT2D eigenvalue weighted by Crippen LogP contribution is 2.24. The Morgan fingerprint density at radius 1 is 1.21 bits per heavy atom. The fourth-order valence-corrected chi connectivity index (χ4v) is 3.89. The standard InChI is InChI=1S/C23H27ClFN5O3S/c1-14(15-9-10-19(18(25)11-15)29-34(5,32)33)21(31)26-13-20-27-22(23(2,3)4)28-30(20)17-8-6-7-16(24)12-17/h6-12,14,29H,13H2,1-5H3,(H,26,31). The second-order valence-electron chi connectivity index (χ2n) is 9.05. The van der Waals surface area contributed by atoms with Crippen LogP contribution in [0.3, 0.4) is 0 Å². The van der Waals surface area contributed by atoms with Gasteiger partial charge in [-0.3, -0.25) is 9.52 Å². The van der Waals surface area contributed by atoms with Gasteiger partial charge in [-0.15, -0.1) is 0 Å². The summed E-state index contributed by atoms with van der Waals surface area (Å²) in [7, 11) is -3.62. The molecule has 0 spiro atoms. The van der Waals surface area contributed by atoms with E-state index >= 15 is 0 Å². The van der Waals surface area contributed by atoms with Crippen LogP contribution in [0.25, 0.3) is 5.69 Å². The highest BCUT2D eigenvalue weighted by atomic mass is 35.5. The van der Waals surface area contributed by atoms with Crippen molar-refractivity contribution in [2.24, 2.45) is 0 Å². The van der Waals surface area contributed by atoms with Crippen molar-refractivity contribution in [1.29, 1.82) is 0 Å². The molecule has 2 N–H and O–H groups in total. The molecule has 0 aliphatic carbocycles. The van der Waals surface area contributed by atoms with Gasteiger partial charge in [-0.2, -0.15) is 5.10 Å². The SMILES string of the molecule is CC(C(=O)NCc1nc(C(C)(C)C)nn1-c1cccc(Cl)c1)c1ccc(NS(C)(=O)=O)c(F)c1. The van der Waals surface area contributed by atoms with Crippen molar-refractivity contribution < 1.29 is 17.6 Å². The number of amides is 1. The quantitative estimate of drug-likeness (QED) is 0.499. The molecule has 2 aromatic carbocycles. The fraction of sp³-hybridized carbons (Fsp3) is 0.348. The van der Waals surface area contributed by atoms with E-state index in [0.717, 1.165) is 12.3 Å². The average Bonchev–Trinajstić information content (AvgIpc) is 3.17. The minimum Gasteiger partial charge on any atom is -0.348 e. The number of sulfonamides is 1. The molecule has 34 heavy (non-hydrogen) atoms. The first-order chi connectivity index (χ1) is 15.7. The minimum absolute atomic E-state index is 0.0922. The van der Waals surface area contributed by atoms with E-state index in [1.54, 1.807) is 29.8 Å². The van der Waals surface area contributed by atoms with E-state index in [9.17, 15) is 17.6 Å². The van der Waals surface area contributed by atoms with Crippen LogP contribution in [0.4, 0.5) is 10.1 Å². The summed E-state index contributed by atoms with van der Waals surface area (Å²) < 4.78 is 40.8. The molecule has 0 saturated carbocycles. The van der Waals surface area contributed by atoms with Gasteiger partial charge in [0.25, 0.3) is 0 Å². The third kappa shape index (κ3) is 6.32. The number of hydrogen-bond donors (Lipinski definition) is 2. The number of aromatic nitrogens is 3. The number of hydrogen-bond acceptors (Lipinski definition) is 5. The minimum atomic E-state index is -3.62. The molecule has 0 saturated heterocycles. The van der Waals surface area contributed by atoms with Gasteiger partial charge in [0.05, 0.1) is 30.1 Å². The van der Waals surface area contributed by atoms with E-state index in [-0.39, 0.29) is 23.6 Å². The van der Waals surface area contributed by atoms with E-state index in [4.69, 9.17) is 11.6 Å². The number of halogens is 2. The zero-order valence-corrected chi connectivity index (χ0v) is 21.1. The Labute approximate surface area is 203 Å². The summed E-state index contributed by atoms with van der Waals surface area (Å²) >= 11 is 6.14. The van der Waals surface area contributed by atoms with Crippen molar-refractivity contribution in [3.63, 3.8) is 0 Å². The monoisotopic (exact) mass is 507 g/mol. The maximum absolute atomic E-state index is 14.4. The maximum atomic E-state index is 14.4. The molecule has 1 unspecified atom stereocenters. The first-order valence-electron chi connectivity index (χ1n) is 10.5. The molecule has 1 heterocycles. The molecule has 11 heteroatoms.